The van der Waals surface area contributed by atoms with Crippen LogP contribution in [0, 0.1) is 31.0 Å². The molecule has 0 radical (unpaired) electrons. The first-order valence-corrected chi connectivity index (χ1v) is 6.11. The molecule has 1 aromatic carbocycles. The number of rotatable bonds is 3. The van der Waals surface area contributed by atoms with Crippen LogP contribution in [-0.4, -0.2) is 16.9 Å². The number of hydrogen-bond acceptors (Lipinski definition) is 3. The SMILES string of the molecule is Cc1cc(C(=O)CN)c(C)n1-c1ccc(C#N)cc1F. The van der Waals surface area contributed by atoms with Gasteiger partial charge in [-0.3, -0.25) is 4.79 Å². The van der Waals surface area contributed by atoms with Gasteiger partial charge in [0, 0.05) is 17.0 Å². The van der Waals surface area contributed by atoms with E-state index in [1.807, 2.05) is 6.07 Å². The predicted molar refractivity (Wildman–Crippen MR) is 73.3 cm³/mol. The molecule has 2 rings (SSSR count). The summed E-state index contributed by atoms with van der Waals surface area (Å²) >= 11 is 0. The summed E-state index contributed by atoms with van der Waals surface area (Å²) in [6, 6.07) is 7.84. The second-order valence-corrected chi connectivity index (χ2v) is 4.53. The zero-order valence-electron chi connectivity index (χ0n) is 11.3. The Morgan fingerprint density at radius 1 is 1.40 bits per heavy atom. The lowest BCUT2D eigenvalue weighted by Crippen LogP contribution is -2.14. The van der Waals surface area contributed by atoms with Crippen LogP contribution in [0.25, 0.3) is 5.69 Å². The first-order valence-electron chi connectivity index (χ1n) is 6.11. The first kappa shape index (κ1) is 14.0. The lowest BCUT2D eigenvalue weighted by atomic mass is 10.1. The Morgan fingerprint density at radius 2 is 2.10 bits per heavy atom. The monoisotopic (exact) mass is 271 g/mol. The Labute approximate surface area is 116 Å². The molecule has 0 aliphatic rings. The third-order valence-corrected chi connectivity index (χ3v) is 3.23. The number of carbonyl (C=O) groups is 1. The summed E-state index contributed by atoms with van der Waals surface area (Å²) in [5.74, 6) is -0.684. The van der Waals surface area contributed by atoms with Gasteiger partial charge in [0.15, 0.2) is 5.78 Å². The van der Waals surface area contributed by atoms with Gasteiger partial charge in [-0.25, -0.2) is 4.39 Å². The molecule has 20 heavy (non-hydrogen) atoms. The van der Waals surface area contributed by atoms with E-state index in [2.05, 4.69) is 0 Å². The van der Waals surface area contributed by atoms with Gasteiger partial charge in [-0.1, -0.05) is 0 Å². The Kier molecular flexibility index (Phi) is 3.68. The fourth-order valence-corrected chi connectivity index (χ4v) is 2.28. The Bertz CT molecular complexity index is 725. The standard InChI is InChI=1S/C15H14FN3O/c1-9-5-12(15(20)8-18)10(2)19(9)14-4-3-11(7-17)6-13(14)16/h3-6H,8,18H2,1-2H3. The fourth-order valence-electron chi connectivity index (χ4n) is 2.28. The predicted octanol–water partition coefficient (Wildman–Crippen LogP) is 2.25. The number of aromatic nitrogens is 1. The van der Waals surface area contributed by atoms with Crippen molar-refractivity contribution >= 4 is 5.78 Å². The van der Waals surface area contributed by atoms with E-state index in [1.165, 1.54) is 12.1 Å². The van der Waals surface area contributed by atoms with Crippen LogP contribution in [0.2, 0.25) is 0 Å². The molecule has 0 saturated heterocycles. The van der Waals surface area contributed by atoms with E-state index in [0.717, 1.165) is 5.69 Å². The molecule has 2 N–H and O–H groups in total. The fraction of sp³-hybridized carbons (Fsp3) is 0.200. The van der Waals surface area contributed by atoms with Crippen molar-refractivity contribution in [3.05, 3.63) is 52.6 Å². The van der Waals surface area contributed by atoms with Crippen molar-refractivity contribution in [3.8, 4) is 11.8 Å². The van der Waals surface area contributed by atoms with Gasteiger partial charge in [0.05, 0.1) is 23.9 Å². The molecule has 0 spiro atoms. The number of Topliss-reactive ketones (excluding diaryl/α,β-unsaturated/α-hetero) is 1. The normalized spacial score (nSPS) is 10.3. The largest absolute Gasteiger partial charge is 0.324 e. The van der Waals surface area contributed by atoms with Gasteiger partial charge < -0.3 is 10.3 Å². The number of nitrogens with two attached hydrogens (primary N) is 1. The topological polar surface area (TPSA) is 71.8 Å². The molecule has 0 bridgehead atoms. The van der Waals surface area contributed by atoms with E-state index in [-0.39, 0.29) is 17.9 Å². The quantitative estimate of drug-likeness (QED) is 0.870. The molecular weight excluding hydrogens is 257 g/mol. The van der Waals surface area contributed by atoms with Crippen LogP contribution in [0.3, 0.4) is 0 Å². The molecule has 5 heteroatoms. The van der Waals surface area contributed by atoms with E-state index in [4.69, 9.17) is 11.0 Å². The van der Waals surface area contributed by atoms with Gasteiger partial charge in [-0.05, 0) is 38.1 Å². The van der Waals surface area contributed by atoms with Gasteiger partial charge in [-0.15, -0.1) is 0 Å². The number of halogens is 1. The molecule has 0 unspecified atom stereocenters. The summed E-state index contributed by atoms with van der Waals surface area (Å²) in [5, 5.41) is 8.76. The van der Waals surface area contributed by atoms with E-state index in [0.29, 0.717) is 16.9 Å². The van der Waals surface area contributed by atoms with Gasteiger partial charge >= 0.3 is 0 Å². The third kappa shape index (κ3) is 2.22. The minimum Gasteiger partial charge on any atom is -0.324 e. The van der Waals surface area contributed by atoms with Crippen LogP contribution in [0.4, 0.5) is 4.39 Å². The number of aryl methyl sites for hydroxylation is 1. The van der Waals surface area contributed by atoms with Crippen molar-refractivity contribution in [1.82, 2.24) is 4.57 Å². The van der Waals surface area contributed by atoms with Crippen LogP contribution in [-0.2, 0) is 0 Å². The molecular formula is C15H14FN3O. The van der Waals surface area contributed by atoms with Crippen molar-refractivity contribution in [2.45, 2.75) is 13.8 Å². The molecule has 4 nitrogen and oxygen atoms in total. The zero-order valence-corrected chi connectivity index (χ0v) is 11.3. The Morgan fingerprint density at radius 3 is 2.65 bits per heavy atom. The Hall–Kier alpha value is -2.45. The molecule has 0 saturated carbocycles. The maximum absolute atomic E-state index is 14.1. The van der Waals surface area contributed by atoms with Gasteiger partial charge in [0.25, 0.3) is 0 Å². The maximum atomic E-state index is 14.1. The number of nitrogens with zero attached hydrogens (tertiary/aromatic N) is 2. The highest BCUT2D eigenvalue weighted by molar-refractivity contribution is 5.99. The number of benzene rings is 1. The van der Waals surface area contributed by atoms with Crippen LogP contribution < -0.4 is 5.73 Å². The summed E-state index contributed by atoms with van der Waals surface area (Å²) < 4.78 is 15.7. The molecule has 0 aliphatic carbocycles. The highest BCUT2D eigenvalue weighted by Crippen LogP contribution is 2.23. The zero-order chi connectivity index (χ0) is 14.9. The average Bonchev–Trinajstić information content (AvgIpc) is 2.73. The van der Waals surface area contributed by atoms with Crippen LogP contribution >= 0.6 is 0 Å². The summed E-state index contributed by atoms with van der Waals surface area (Å²) in [7, 11) is 0. The highest BCUT2D eigenvalue weighted by atomic mass is 19.1. The van der Waals surface area contributed by atoms with Crippen molar-refractivity contribution in [3.63, 3.8) is 0 Å². The number of hydrogen-bond donors (Lipinski definition) is 1. The average molecular weight is 271 g/mol. The number of nitriles is 1. The van der Waals surface area contributed by atoms with Crippen molar-refractivity contribution in [1.29, 1.82) is 5.26 Å². The minimum atomic E-state index is -0.502. The smallest absolute Gasteiger partial charge is 0.178 e. The maximum Gasteiger partial charge on any atom is 0.178 e. The van der Waals surface area contributed by atoms with E-state index < -0.39 is 5.82 Å². The highest BCUT2D eigenvalue weighted by Gasteiger charge is 2.17. The number of ketones is 1. The lowest BCUT2D eigenvalue weighted by molar-refractivity contribution is 0.100. The van der Waals surface area contributed by atoms with Crippen LogP contribution in [0.15, 0.2) is 24.3 Å². The Balaban J connectivity index is 2.62. The second-order valence-electron chi connectivity index (χ2n) is 4.53. The third-order valence-electron chi connectivity index (χ3n) is 3.23. The van der Waals surface area contributed by atoms with E-state index in [9.17, 15) is 9.18 Å². The summed E-state index contributed by atoms with van der Waals surface area (Å²) in [6.07, 6.45) is 0. The van der Waals surface area contributed by atoms with Gasteiger partial charge in [-0.2, -0.15) is 5.26 Å². The molecule has 1 heterocycles. The molecule has 102 valence electrons. The van der Waals surface area contributed by atoms with Crippen molar-refractivity contribution in [2.24, 2.45) is 5.73 Å². The summed E-state index contributed by atoms with van der Waals surface area (Å²) in [5.41, 5.74) is 7.81. The second kappa shape index (κ2) is 5.27. The van der Waals surface area contributed by atoms with E-state index in [1.54, 1.807) is 30.5 Å². The molecule has 2 aromatic rings. The van der Waals surface area contributed by atoms with Crippen LogP contribution in [0.5, 0.6) is 0 Å². The van der Waals surface area contributed by atoms with E-state index >= 15 is 0 Å². The summed E-state index contributed by atoms with van der Waals surface area (Å²) in [6.45, 7) is 3.45. The first-order chi connectivity index (χ1) is 9.49. The minimum absolute atomic E-state index is 0.0832. The molecule has 0 amide bonds. The lowest BCUT2D eigenvalue weighted by Gasteiger charge is -2.11. The van der Waals surface area contributed by atoms with Crippen molar-refractivity contribution < 1.29 is 9.18 Å². The summed E-state index contributed by atoms with van der Waals surface area (Å²) in [4.78, 5) is 11.7. The molecule has 1 aromatic heterocycles. The van der Waals surface area contributed by atoms with Crippen molar-refractivity contribution in [2.75, 3.05) is 6.54 Å². The molecule has 0 fully saturated rings. The van der Waals surface area contributed by atoms with Gasteiger partial charge in [0.2, 0.25) is 0 Å². The van der Waals surface area contributed by atoms with Gasteiger partial charge in [0.1, 0.15) is 5.82 Å². The number of carbonyl (C=O) groups excluding carboxylic acids is 1. The molecule has 0 atom stereocenters. The van der Waals surface area contributed by atoms with Crippen LogP contribution in [0.1, 0.15) is 27.3 Å². The molecule has 0 aliphatic heterocycles.